The molecule has 218 valence electrons. The second-order valence-electron chi connectivity index (χ2n) is 9.87. The topological polar surface area (TPSA) is 129 Å². The van der Waals surface area contributed by atoms with Gasteiger partial charge >= 0.3 is 18.0 Å². The molecular formula is C30H40N2O8. The molecule has 0 saturated heterocycles. The lowest BCUT2D eigenvalue weighted by Crippen LogP contribution is -2.28. The van der Waals surface area contributed by atoms with Crippen molar-refractivity contribution in [3.05, 3.63) is 53.1 Å². The largest absolute Gasteiger partial charge is 0.493 e. The molecule has 0 heterocycles. The number of unbranched alkanes of at least 4 members (excludes halogenated alkanes) is 3. The van der Waals surface area contributed by atoms with Gasteiger partial charge < -0.3 is 24.3 Å². The Hall–Kier alpha value is -4.08. The highest BCUT2D eigenvalue weighted by Crippen LogP contribution is 2.29. The van der Waals surface area contributed by atoms with Crippen LogP contribution in [0.25, 0.3) is 0 Å². The molecule has 10 nitrogen and oxygen atoms in total. The molecule has 0 aliphatic rings. The van der Waals surface area contributed by atoms with Gasteiger partial charge in [-0.25, -0.2) is 14.4 Å². The highest BCUT2D eigenvalue weighted by molar-refractivity contribution is 6.12. The average Bonchev–Trinajstić information content (AvgIpc) is 2.88. The van der Waals surface area contributed by atoms with Crippen molar-refractivity contribution >= 4 is 35.3 Å². The fourth-order valence-electron chi connectivity index (χ4n) is 3.66. The Kier molecular flexibility index (Phi) is 12.4. The van der Waals surface area contributed by atoms with Gasteiger partial charge in [-0.05, 0) is 65.3 Å². The molecular weight excluding hydrogens is 516 g/mol. The molecule has 0 spiro atoms. The smallest absolute Gasteiger partial charge is 0.412 e. The normalized spacial score (nSPS) is 10.8. The summed E-state index contributed by atoms with van der Waals surface area (Å²) in [6.07, 6.45) is 3.24. The van der Waals surface area contributed by atoms with Gasteiger partial charge in [0.25, 0.3) is 5.91 Å². The molecule has 0 bridgehead atoms. The highest BCUT2D eigenvalue weighted by atomic mass is 16.6. The molecule has 0 unspecified atom stereocenters. The van der Waals surface area contributed by atoms with Gasteiger partial charge in [0.2, 0.25) is 0 Å². The third-order valence-corrected chi connectivity index (χ3v) is 5.42. The Labute approximate surface area is 235 Å². The fraction of sp³-hybridized carbons (Fsp3) is 0.467. The number of anilines is 2. The van der Waals surface area contributed by atoms with Crippen molar-refractivity contribution in [1.82, 2.24) is 0 Å². The van der Waals surface area contributed by atoms with E-state index >= 15 is 0 Å². The van der Waals surface area contributed by atoms with E-state index in [1.54, 1.807) is 58.9 Å². The third kappa shape index (κ3) is 9.91. The Morgan fingerprint density at radius 1 is 0.750 bits per heavy atom. The molecule has 10 heteroatoms. The van der Waals surface area contributed by atoms with E-state index in [4.69, 9.17) is 18.9 Å². The number of hydrogen-bond acceptors (Lipinski definition) is 8. The Balaban J connectivity index is 2.48. The summed E-state index contributed by atoms with van der Waals surface area (Å²) in [4.78, 5) is 51.6. The number of nitrogens with one attached hydrogen (secondary N) is 2. The molecule has 2 aromatic rings. The summed E-state index contributed by atoms with van der Waals surface area (Å²) in [7, 11) is 0. The molecule has 40 heavy (non-hydrogen) atoms. The van der Waals surface area contributed by atoms with Crippen molar-refractivity contribution in [3.63, 3.8) is 0 Å². The van der Waals surface area contributed by atoms with Crippen LogP contribution in [0.2, 0.25) is 0 Å². The van der Waals surface area contributed by atoms with Gasteiger partial charge in [-0.2, -0.15) is 0 Å². The predicted molar refractivity (Wildman–Crippen MR) is 152 cm³/mol. The minimum Gasteiger partial charge on any atom is -0.493 e. The van der Waals surface area contributed by atoms with Crippen LogP contribution >= 0.6 is 0 Å². The lowest BCUT2D eigenvalue weighted by Gasteiger charge is -2.21. The quantitative estimate of drug-likeness (QED) is 0.160. The Bertz CT molecular complexity index is 1190. The molecule has 0 radical (unpaired) electrons. The molecule has 2 rings (SSSR count). The van der Waals surface area contributed by atoms with Crippen LogP contribution in [0.3, 0.4) is 0 Å². The van der Waals surface area contributed by atoms with Crippen LogP contribution in [0, 0.1) is 0 Å². The number of hydrogen-bond donors (Lipinski definition) is 2. The molecule has 0 saturated carbocycles. The van der Waals surface area contributed by atoms with Crippen molar-refractivity contribution in [2.45, 2.75) is 72.8 Å². The number of esters is 2. The van der Waals surface area contributed by atoms with Crippen molar-refractivity contribution in [3.8, 4) is 5.75 Å². The first kappa shape index (κ1) is 32.1. The zero-order valence-corrected chi connectivity index (χ0v) is 24.2. The summed E-state index contributed by atoms with van der Waals surface area (Å²) >= 11 is 0. The second kappa shape index (κ2) is 15.5. The molecule has 0 aliphatic carbocycles. The minimum atomic E-state index is -0.838. The minimum absolute atomic E-state index is 0.000935. The lowest BCUT2D eigenvalue weighted by molar-refractivity contribution is 0.0512. The number of amides is 2. The van der Waals surface area contributed by atoms with E-state index in [1.807, 2.05) is 0 Å². The Morgan fingerprint density at radius 2 is 1.32 bits per heavy atom. The Morgan fingerprint density at radius 3 is 1.88 bits per heavy atom. The van der Waals surface area contributed by atoms with E-state index in [0.717, 1.165) is 25.7 Å². The number of benzene rings is 2. The maximum absolute atomic E-state index is 13.4. The maximum atomic E-state index is 13.4. The zero-order valence-electron chi connectivity index (χ0n) is 24.2. The van der Waals surface area contributed by atoms with E-state index in [9.17, 15) is 19.2 Å². The molecule has 0 atom stereocenters. The predicted octanol–water partition coefficient (Wildman–Crippen LogP) is 6.60. The molecule has 0 aromatic heterocycles. The van der Waals surface area contributed by atoms with Crippen LogP contribution in [0.5, 0.6) is 5.75 Å². The van der Waals surface area contributed by atoms with Gasteiger partial charge in [-0.1, -0.05) is 38.3 Å². The van der Waals surface area contributed by atoms with Crippen LogP contribution in [0.15, 0.2) is 36.4 Å². The van der Waals surface area contributed by atoms with E-state index in [-0.39, 0.29) is 41.3 Å². The number of para-hydroxylation sites is 1. The van der Waals surface area contributed by atoms with Gasteiger partial charge in [-0.15, -0.1) is 0 Å². The summed E-state index contributed by atoms with van der Waals surface area (Å²) in [6, 6.07) is 9.27. The van der Waals surface area contributed by atoms with Gasteiger partial charge in [-0.3, -0.25) is 10.1 Å². The number of rotatable bonds is 13. The van der Waals surface area contributed by atoms with Crippen LogP contribution in [-0.4, -0.2) is 49.4 Å². The van der Waals surface area contributed by atoms with Gasteiger partial charge in [0.1, 0.15) is 11.4 Å². The first-order valence-corrected chi connectivity index (χ1v) is 13.6. The maximum Gasteiger partial charge on any atom is 0.412 e. The number of carbonyl (C=O) groups excluding carboxylic acids is 4. The number of ether oxygens (including phenoxy) is 4. The summed E-state index contributed by atoms with van der Waals surface area (Å²) in [5, 5.41) is 5.20. The second-order valence-corrected chi connectivity index (χ2v) is 9.87. The van der Waals surface area contributed by atoms with E-state index in [1.165, 1.54) is 12.1 Å². The van der Waals surface area contributed by atoms with Crippen LogP contribution in [0.4, 0.5) is 16.2 Å². The van der Waals surface area contributed by atoms with Crippen molar-refractivity contribution < 1.29 is 38.1 Å². The summed E-state index contributed by atoms with van der Waals surface area (Å²) < 4.78 is 21.5. The van der Waals surface area contributed by atoms with Gasteiger partial charge in [0.05, 0.1) is 47.9 Å². The summed E-state index contributed by atoms with van der Waals surface area (Å²) in [5.74, 6) is -1.70. The van der Waals surface area contributed by atoms with Crippen LogP contribution in [0.1, 0.15) is 98.3 Å². The molecule has 0 fully saturated rings. The average molecular weight is 557 g/mol. The van der Waals surface area contributed by atoms with E-state index < -0.39 is 29.5 Å². The summed E-state index contributed by atoms with van der Waals surface area (Å²) in [5.41, 5.74) is -0.758. The van der Waals surface area contributed by atoms with Crippen molar-refractivity contribution in [2.24, 2.45) is 0 Å². The SMILES string of the molecule is CCCCCCOc1ccccc1C(=O)Nc1cc(C(=O)OCC)c(NC(=O)OC(C)(C)C)cc1C(=O)OCC. The van der Waals surface area contributed by atoms with Crippen LogP contribution < -0.4 is 15.4 Å². The molecule has 2 aromatic carbocycles. The van der Waals surface area contributed by atoms with E-state index in [2.05, 4.69) is 17.6 Å². The standard InChI is InChI=1S/C30H40N2O8/c1-7-10-11-14-17-39-25-16-13-12-15-20(25)26(33)31-23-18-22(28(35)38-9-3)24(19-21(23)27(34)37-8-2)32-29(36)40-30(4,5)6/h12-13,15-16,18-19H,7-11,14,17H2,1-6H3,(H,31,33)(H,32,36). The van der Waals surface area contributed by atoms with Crippen molar-refractivity contribution in [2.75, 3.05) is 30.5 Å². The monoisotopic (exact) mass is 556 g/mol. The highest BCUT2D eigenvalue weighted by Gasteiger charge is 2.25. The first-order valence-electron chi connectivity index (χ1n) is 13.6. The van der Waals surface area contributed by atoms with Gasteiger partial charge in [0.15, 0.2) is 0 Å². The van der Waals surface area contributed by atoms with Crippen molar-refractivity contribution in [1.29, 1.82) is 0 Å². The molecule has 2 N–H and O–H groups in total. The molecule has 0 aliphatic heterocycles. The van der Waals surface area contributed by atoms with Crippen LogP contribution in [-0.2, 0) is 14.2 Å². The number of carbonyl (C=O) groups is 4. The summed E-state index contributed by atoms with van der Waals surface area (Å²) in [6.45, 7) is 11.0. The van der Waals surface area contributed by atoms with Gasteiger partial charge in [0, 0.05) is 0 Å². The lowest BCUT2D eigenvalue weighted by atomic mass is 10.0. The zero-order chi connectivity index (χ0) is 29.7. The van der Waals surface area contributed by atoms with E-state index in [0.29, 0.717) is 12.4 Å². The fourth-order valence-corrected chi connectivity index (χ4v) is 3.66. The first-order chi connectivity index (χ1) is 19.0. The molecule has 2 amide bonds. The third-order valence-electron chi connectivity index (χ3n) is 5.42.